The number of nitrogens with one attached hydrogen (secondary N) is 1. The average molecular weight is 266 g/mol. The monoisotopic (exact) mass is 266 g/mol. The summed E-state index contributed by atoms with van der Waals surface area (Å²) in [5.41, 5.74) is 0.831. The van der Waals surface area contributed by atoms with Gasteiger partial charge < -0.3 is 15.2 Å². The number of methoxy groups -OCH3 is 1. The number of allylic oxidation sites excluding steroid dienone is 2. The summed E-state index contributed by atoms with van der Waals surface area (Å²) in [4.78, 5) is 14.8. The lowest BCUT2D eigenvalue weighted by Gasteiger charge is -2.29. The lowest BCUT2D eigenvalue weighted by Crippen LogP contribution is -2.35. The lowest BCUT2D eigenvalue weighted by atomic mass is 9.92. The topological polar surface area (TPSA) is 70.9 Å². The second kappa shape index (κ2) is 8.48. The van der Waals surface area contributed by atoms with Crippen molar-refractivity contribution in [1.82, 2.24) is 5.32 Å². The smallest absolute Gasteiger partial charge is 0.155 e. The molecule has 0 bridgehead atoms. The van der Waals surface area contributed by atoms with Crippen LogP contribution in [0.15, 0.2) is 28.6 Å². The van der Waals surface area contributed by atoms with Gasteiger partial charge in [-0.2, -0.15) is 0 Å². The van der Waals surface area contributed by atoms with E-state index in [0.717, 1.165) is 31.9 Å². The van der Waals surface area contributed by atoms with Crippen LogP contribution in [-0.4, -0.2) is 43.9 Å². The molecule has 0 aromatic carbocycles. The van der Waals surface area contributed by atoms with Crippen molar-refractivity contribution in [2.24, 2.45) is 4.99 Å². The zero-order valence-electron chi connectivity index (χ0n) is 11.5. The molecule has 1 aliphatic rings. The molecule has 106 valence electrons. The summed E-state index contributed by atoms with van der Waals surface area (Å²) in [6, 6.07) is 0.290. The van der Waals surface area contributed by atoms with E-state index in [1.54, 1.807) is 26.4 Å². The first-order chi connectivity index (χ1) is 9.24. The van der Waals surface area contributed by atoms with E-state index in [-0.39, 0.29) is 11.6 Å². The molecular formula is C14H22N2O3. The maximum Gasteiger partial charge on any atom is 0.155 e. The molecule has 0 aromatic heterocycles. The molecule has 0 saturated heterocycles. The van der Waals surface area contributed by atoms with Gasteiger partial charge in [0.05, 0.1) is 17.9 Å². The van der Waals surface area contributed by atoms with Crippen LogP contribution in [0.3, 0.4) is 0 Å². The van der Waals surface area contributed by atoms with Crippen molar-refractivity contribution in [3.63, 3.8) is 0 Å². The summed E-state index contributed by atoms with van der Waals surface area (Å²) in [6.07, 6.45) is 9.04. The molecule has 0 amide bonds. The fourth-order valence-corrected chi connectivity index (χ4v) is 2.20. The van der Waals surface area contributed by atoms with E-state index in [1.807, 2.05) is 0 Å². The summed E-state index contributed by atoms with van der Waals surface area (Å²) in [5.74, 6) is 0. The van der Waals surface area contributed by atoms with Gasteiger partial charge >= 0.3 is 0 Å². The largest absolute Gasteiger partial charge is 0.515 e. The van der Waals surface area contributed by atoms with Crippen LogP contribution in [0.25, 0.3) is 0 Å². The molecule has 0 spiro atoms. The number of aliphatic hydroxyl groups excluding tert-OH is 1. The van der Waals surface area contributed by atoms with Gasteiger partial charge in [-0.15, -0.1) is 0 Å². The van der Waals surface area contributed by atoms with Crippen LogP contribution in [0.2, 0.25) is 0 Å². The second-order valence-electron chi connectivity index (χ2n) is 4.54. The van der Waals surface area contributed by atoms with Crippen molar-refractivity contribution in [3.05, 3.63) is 23.6 Å². The Morgan fingerprint density at radius 3 is 2.53 bits per heavy atom. The Bertz CT molecular complexity index is 367. The Kier molecular flexibility index (Phi) is 6.89. The van der Waals surface area contributed by atoms with Gasteiger partial charge in [-0.1, -0.05) is 0 Å². The Morgan fingerprint density at radius 2 is 2.05 bits per heavy atom. The fraction of sp³-hybridized carbons (Fsp3) is 0.571. The van der Waals surface area contributed by atoms with E-state index in [9.17, 15) is 4.79 Å². The molecule has 0 aliphatic heterocycles. The molecule has 0 heterocycles. The highest BCUT2D eigenvalue weighted by Gasteiger charge is 2.21. The quantitative estimate of drug-likeness (QED) is 0.253. The van der Waals surface area contributed by atoms with Gasteiger partial charge in [0.15, 0.2) is 6.29 Å². The molecule has 0 radical (unpaired) electrons. The van der Waals surface area contributed by atoms with Crippen molar-refractivity contribution in [3.8, 4) is 0 Å². The predicted molar refractivity (Wildman–Crippen MR) is 75.5 cm³/mol. The molecular weight excluding hydrogens is 244 g/mol. The van der Waals surface area contributed by atoms with Gasteiger partial charge in [0.1, 0.15) is 0 Å². The Morgan fingerprint density at radius 1 is 1.37 bits per heavy atom. The number of aliphatic hydroxyl groups is 1. The molecule has 1 saturated carbocycles. The van der Waals surface area contributed by atoms with Crippen LogP contribution in [0.1, 0.15) is 25.7 Å². The number of hydrogen-bond acceptors (Lipinski definition) is 5. The number of aldehydes is 1. The molecule has 5 nitrogen and oxygen atoms in total. The van der Waals surface area contributed by atoms with Crippen LogP contribution in [0, 0.1) is 0 Å². The summed E-state index contributed by atoms with van der Waals surface area (Å²) >= 11 is 0. The Balaban J connectivity index is 2.66. The minimum absolute atomic E-state index is 0.230. The highest BCUT2D eigenvalue weighted by atomic mass is 16.5. The van der Waals surface area contributed by atoms with Gasteiger partial charge in [-0.25, -0.2) is 0 Å². The van der Waals surface area contributed by atoms with E-state index in [2.05, 4.69) is 10.3 Å². The third-order valence-corrected chi connectivity index (χ3v) is 3.33. The van der Waals surface area contributed by atoms with E-state index in [1.165, 1.54) is 0 Å². The Labute approximate surface area is 114 Å². The van der Waals surface area contributed by atoms with Gasteiger partial charge in [0.25, 0.3) is 0 Å². The van der Waals surface area contributed by atoms with E-state index in [4.69, 9.17) is 9.84 Å². The van der Waals surface area contributed by atoms with E-state index in [0.29, 0.717) is 18.1 Å². The zero-order chi connectivity index (χ0) is 14.1. The Hall–Kier alpha value is -1.62. The molecule has 0 unspecified atom stereocenters. The van der Waals surface area contributed by atoms with Crippen molar-refractivity contribution >= 4 is 12.5 Å². The lowest BCUT2D eigenvalue weighted by molar-refractivity contribution is -0.104. The maximum absolute atomic E-state index is 10.9. The normalized spacial score (nSPS) is 25.6. The fourth-order valence-electron chi connectivity index (χ4n) is 2.20. The van der Waals surface area contributed by atoms with Crippen molar-refractivity contribution in [1.29, 1.82) is 0 Å². The predicted octanol–water partition coefficient (Wildman–Crippen LogP) is 1.76. The second-order valence-corrected chi connectivity index (χ2v) is 4.54. The highest BCUT2D eigenvalue weighted by Crippen LogP contribution is 2.22. The minimum atomic E-state index is 0.230. The molecule has 19 heavy (non-hydrogen) atoms. The first-order valence-electron chi connectivity index (χ1n) is 6.46. The molecule has 1 fully saturated rings. The zero-order valence-corrected chi connectivity index (χ0v) is 11.5. The molecule has 1 aliphatic carbocycles. The van der Waals surface area contributed by atoms with Gasteiger partial charge in [0, 0.05) is 32.1 Å². The maximum atomic E-state index is 10.9. The van der Waals surface area contributed by atoms with Crippen molar-refractivity contribution in [2.75, 3.05) is 14.2 Å². The molecule has 0 aromatic rings. The first-order valence-corrected chi connectivity index (χ1v) is 6.46. The number of rotatable bonds is 6. The summed E-state index contributed by atoms with van der Waals surface area (Å²) in [6.45, 7) is 0. The summed E-state index contributed by atoms with van der Waals surface area (Å²) in [7, 11) is 3.39. The number of aliphatic imine (C=N–C) groups is 1. The highest BCUT2D eigenvalue weighted by molar-refractivity contribution is 5.83. The van der Waals surface area contributed by atoms with E-state index >= 15 is 0 Å². The summed E-state index contributed by atoms with van der Waals surface area (Å²) < 4.78 is 5.33. The molecule has 1 rings (SSSR count). The molecule has 0 atom stereocenters. The number of ether oxygens (including phenoxy) is 1. The molecule has 2 N–H and O–H groups in total. The average Bonchev–Trinajstić information content (AvgIpc) is 2.46. The van der Waals surface area contributed by atoms with Crippen LogP contribution in [-0.2, 0) is 9.53 Å². The third-order valence-electron chi connectivity index (χ3n) is 3.33. The standard InChI is InChI=1S/C14H22N2O3/c1-15-8-7-14(11(9-17)10-18)16-12-3-5-13(19-2)6-4-12/h7-10,12-13,16-17H,3-6H2,1-2H3/b11-9-,14-7+,15-8?. The van der Waals surface area contributed by atoms with E-state index < -0.39 is 0 Å². The number of nitrogens with zero attached hydrogens (tertiary/aromatic N) is 1. The summed E-state index contributed by atoms with van der Waals surface area (Å²) in [5, 5.41) is 12.4. The third kappa shape index (κ3) is 4.87. The van der Waals surface area contributed by atoms with Crippen LogP contribution >= 0.6 is 0 Å². The van der Waals surface area contributed by atoms with Crippen LogP contribution < -0.4 is 5.32 Å². The van der Waals surface area contributed by atoms with Crippen molar-refractivity contribution in [2.45, 2.75) is 37.8 Å². The van der Waals surface area contributed by atoms with Crippen LogP contribution in [0.5, 0.6) is 0 Å². The van der Waals surface area contributed by atoms with Crippen LogP contribution in [0.4, 0.5) is 0 Å². The number of carbonyl (C=O) groups excluding carboxylic acids is 1. The van der Waals surface area contributed by atoms with Gasteiger partial charge in [-0.05, 0) is 31.8 Å². The number of carbonyl (C=O) groups is 1. The van der Waals surface area contributed by atoms with Gasteiger partial charge in [-0.3, -0.25) is 9.79 Å². The SMILES string of the molecule is CN=C/C=C(NC1CCC(OC)CC1)\C(C=O)=C/O. The first kappa shape index (κ1) is 15.4. The number of hydrogen-bond donors (Lipinski definition) is 2. The molecule has 5 heteroatoms. The van der Waals surface area contributed by atoms with Gasteiger partial charge in [0.2, 0.25) is 0 Å². The van der Waals surface area contributed by atoms with Crippen molar-refractivity contribution < 1.29 is 14.6 Å². The minimum Gasteiger partial charge on any atom is -0.515 e.